The molecule has 0 unspecified atom stereocenters. The van der Waals surface area contributed by atoms with Gasteiger partial charge in [0.2, 0.25) is 5.91 Å². The first-order chi connectivity index (χ1) is 10.0. The summed E-state index contributed by atoms with van der Waals surface area (Å²) >= 11 is 1.39. The average Bonchev–Trinajstić information content (AvgIpc) is 2.81. The van der Waals surface area contributed by atoms with Gasteiger partial charge in [-0.05, 0) is 26.0 Å². The number of methoxy groups -OCH3 is 1. The zero-order valence-corrected chi connectivity index (χ0v) is 13.0. The predicted octanol–water partition coefficient (Wildman–Crippen LogP) is 3.08. The molecule has 2 rings (SSSR count). The second kappa shape index (κ2) is 6.78. The number of aromatic nitrogens is 1. The van der Waals surface area contributed by atoms with Gasteiger partial charge in [-0.25, -0.2) is 9.37 Å². The van der Waals surface area contributed by atoms with Crippen LogP contribution in [0.5, 0.6) is 0 Å². The van der Waals surface area contributed by atoms with Gasteiger partial charge in [0.15, 0.2) is 0 Å². The molecule has 0 saturated heterocycles. The average molecular weight is 308 g/mol. The SMILES string of the molecule is COCC(=O)N[C@H](C)c1sc(-c2ccccc2F)nc1C. The van der Waals surface area contributed by atoms with E-state index in [0.717, 1.165) is 10.6 Å². The number of hydrogen-bond donors (Lipinski definition) is 1. The highest BCUT2D eigenvalue weighted by molar-refractivity contribution is 7.15. The van der Waals surface area contributed by atoms with Crippen molar-refractivity contribution in [2.45, 2.75) is 19.9 Å². The van der Waals surface area contributed by atoms with Crippen LogP contribution >= 0.6 is 11.3 Å². The van der Waals surface area contributed by atoms with Crippen molar-refractivity contribution in [3.63, 3.8) is 0 Å². The second-order valence-electron chi connectivity index (χ2n) is 4.67. The number of benzene rings is 1. The smallest absolute Gasteiger partial charge is 0.246 e. The van der Waals surface area contributed by atoms with Gasteiger partial charge in [0, 0.05) is 12.7 Å². The van der Waals surface area contributed by atoms with Crippen molar-refractivity contribution >= 4 is 17.2 Å². The molecule has 1 heterocycles. The van der Waals surface area contributed by atoms with E-state index in [1.165, 1.54) is 24.5 Å². The lowest BCUT2D eigenvalue weighted by molar-refractivity contribution is -0.125. The fourth-order valence-electron chi connectivity index (χ4n) is 2.04. The molecule has 1 N–H and O–H groups in total. The van der Waals surface area contributed by atoms with Crippen LogP contribution in [0, 0.1) is 12.7 Å². The van der Waals surface area contributed by atoms with Crippen molar-refractivity contribution in [2.75, 3.05) is 13.7 Å². The standard InChI is InChI=1S/C15H17FN2O2S/c1-9(17-13(19)8-20-3)14-10(2)18-15(21-14)11-6-4-5-7-12(11)16/h4-7,9H,8H2,1-3H3,(H,17,19)/t9-/m1/s1. The lowest BCUT2D eigenvalue weighted by Gasteiger charge is -2.12. The Kier molecular flexibility index (Phi) is 5.03. The summed E-state index contributed by atoms with van der Waals surface area (Å²) < 4.78 is 18.6. The highest BCUT2D eigenvalue weighted by Crippen LogP contribution is 2.32. The van der Waals surface area contributed by atoms with E-state index in [0.29, 0.717) is 10.6 Å². The molecule has 1 atom stereocenters. The third kappa shape index (κ3) is 3.65. The van der Waals surface area contributed by atoms with Gasteiger partial charge in [-0.1, -0.05) is 12.1 Å². The van der Waals surface area contributed by atoms with E-state index in [1.54, 1.807) is 18.2 Å². The second-order valence-corrected chi connectivity index (χ2v) is 5.70. The quantitative estimate of drug-likeness (QED) is 0.923. The molecular formula is C15H17FN2O2S. The molecule has 4 nitrogen and oxygen atoms in total. The first kappa shape index (κ1) is 15.6. The number of rotatable bonds is 5. The third-order valence-electron chi connectivity index (χ3n) is 2.98. The molecule has 1 aromatic carbocycles. The Bertz CT molecular complexity index is 642. The first-order valence-corrected chi connectivity index (χ1v) is 7.35. The van der Waals surface area contributed by atoms with Gasteiger partial charge >= 0.3 is 0 Å². The molecule has 0 aliphatic heterocycles. The Hall–Kier alpha value is -1.79. The van der Waals surface area contributed by atoms with E-state index in [4.69, 9.17) is 4.74 Å². The molecule has 21 heavy (non-hydrogen) atoms. The Balaban J connectivity index is 2.23. The molecule has 0 saturated carbocycles. The summed E-state index contributed by atoms with van der Waals surface area (Å²) in [5.41, 5.74) is 1.27. The summed E-state index contributed by atoms with van der Waals surface area (Å²) in [6.45, 7) is 3.75. The molecule has 6 heteroatoms. The van der Waals surface area contributed by atoms with Crippen LogP contribution in [-0.4, -0.2) is 24.6 Å². The predicted molar refractivity (Wildman–Crippen MR) is 80.7 cm³/mol. The molecule has 0 bridgehead atoms. The molecule has 112 valence electrons. The lowest BCUT2D eigenvalue weighted by atomic mass is 10.2. The van der Waals surface area contributed by atoms with E-state index in [-0.39, 0.29) is 24.4 Å². The third-order valence-corrected chi connectivity index (χ3v) is 4.36. The number of halogens is 1. The van der Waals surface area contributed by atoms with E-state index in [9.17, 15) is 9.18 Å². The molecule has 2 aromatic rings. The van der Waals surface area contributed by atoms with Crippen molar-refractivity contribution < 1.29 is 13.9 Å². The summed E-state index contributed by atoms with van der Waals surface area (Å²) in [4.78, 5) is 16.9. The summed E-state index contributed by atoms with van der Waals surface area (Å²) in [5.74, 6) is -0.487. The summed E-state index contributed by atoms with van der Waals surface area (Å²) in [6.07, 6.45) is 0. The van der Waals surface area contributed by atoms with E-state index in [2.05, 4.69) is 10.3 Å². The first-order valence-electron chi connectivity index (χ1n) is 6.53. The Morgan fingerprint density at radius 3 is 2.86 bits per heavy atom. The fraction of sp³-hybridized carbons (Fsp3) is 0.333. The Labute approximate surface area is 127 Å². The van der Waals surface area contributed by atoms with Crippen LogP contribution in [-0.2, 0) is 9.53 Å². The minimum absolute atomic E-state index is 0.0162. The number of carbonyl (C=O) groups excluding carboxylic acids is 1. The van der Waals surface area contributed by atoms with Gasteiger partial charge in [-0.2, -0.15) is 0 Å². The van der Waals surface area contributed by atoms with Crippen LogP contribution in [0.15, 0.2) is 24.3 Å². The molecular weight excluding hydrogens is 291 g/mol. The Morgan fingerprint density at radius 1 is 1.48 bits per heavy atom. The van der Waals surface area contributed by atoms with Crippen molar-refractivity contribution in [1.29, 1.82) is 0 Å². The van der Waals surface area contributed by atoms with Crippen LogP contribution in [0.25, 0.3) is 10.6 Å². The molecule has 1 aromatic heterocycles. The fourth-order valence-corrected chi connectivity index (χ4v) is 3.14. The lowest BCUT2D eigenvalue weighted by Crippen LogP contribution is -2.29. The van der Waals surface area contributed by atoms with E-state index >= 15 is 0 Å². The maximum Gasteiger partial charge on any atom is 0.246 e. The topological polar surface area (TPSA) is 51.2 Å². The molecule has 1 amide bonds. The normalized spacial score (nSPS) is 12.2. The number of aryl methyl sites for hydroxylation is 1. The van der Waals surface area contributed by atoms with Gasteiger partial charge in [0.1, 0.15) is 17.4 Å². The maximum atomic E-state index is 13.8. The minimum Gasteiger partial charge on any atom is -0.375 e. The van der Waals surface area contributed by atoms with Gasteiger partial charge in [0.05, 0.1) is 16.6 Å². The monoisotopic (exact) mass is 308 g/mol. The largest absolute Gasteiger partial charge is 0.375 e. The molecule has 0 aliphatic carbocycles. The van der Waals surface area contributed by atoms with Crippen LogP contribution in [0.4, 0.5) is 4.39 Å². The number of carbonyl (C=O) groups is 1. The van der Waals surface area contributed by atoms with Crippen LogP contribution < -0.4 is 5.32 Å². The van der Waals surface area contributed by atoms with Gasteiger partial charge in [0.25, 0.3) is 0 Å². The number of hydrogen-bond acceptors (Lipinski definition) is 4. The minimum atomic E-state index is -0.297. The van der Waals surface area contributed by atoms with Crippen molar-refractivity contribution in [1.82, 2.24) is 10.3 Å². The van der Waals surface area contributed by atoms with Gasteiger partial charge in [-0.15, -0.1) is 11.3 Å². The number of thiazole rings is 1. The van der Waals surface area contributed by atoms with Crippen LogP contribution in [0.2, 0.25) is 0 Å². The molecule has 0 aliphatic rings. The zero-order valence-electron chi connectivity index (χ0n) is 12.1. The molecule has 0 fully saturated rings. The number of nitrogens with one attached hydrogen (secondary N) is 1. The zero-order chi connectivity index (χ0) is 15.4. The summed E-state index contributed by atoms with van der Waals surface area (Å²) in [6, 6.07) is 6.35. The summed E-state index contributed by atoms with van der Waals surface area (Å²) in [5, 5.41) is 3.45. The Morgan fingerprint density at radius 2 is 2.19 bits per heavy atom. The molecule has 0 radical (unpaired) electrons. The maximum absolute atomic E-state index is 13.8. The van der Waals surface area contributed by atoms with Gasteiger partial charge in [-0.3, -0.25) is 4.79 Å². The van der Waals surface area contributed by atoms with Crippen molar-refractivity contribution in [3.8, 4) is 10.6 Å². The number of ether oxygens (including phenoxy) is 1. The van der Waals surface area contributed by atoms with Crippen LogP contribution in [0.1, 0.15) is 23.5 Å². The summed E-state index contributed by atoms with van der Waals surface area (Å²) in [7, 11) is 1.47. The molecule has 0 spiro atoms. The highest BCUT2D eigenvalue weighted by atomic mass is 32.1. The van der Waals surface area contributed by atoms with E-state index in [1.807, 2.05) is 13.8 Å². The van der Waals surface area contributed by atoms with E-state index < -0.39 is 0 Å². The number of nitrogens with zero attached hydrogens (tertiary/aromatic N) is 1. The van der Waals surface area contributed by atoms with Crippen LogP contribution in [0.3, 0.4) is 0 Å². The van der Waals surface area contributed by atoms with Gasteiger partial charge < -0.3 is 10.1 Å². The van der Waals surface area contributed by atoms with Crippen molar-refractivity contribution in [3.05, 3.63) is 40.7 Å². The highest BCUT2D eigenvalue weighted by Gasteiger charge is 2.18. The van der Waals surface area contributed by atoms with Crippen molar-refractivity contribution in [2.24, 2.45) is 0 Å². The number of amides is 1.